The molecule has 2 rings (SSSR count). The molecular formula is C16H20IN5O. The molecule has 1 heterocycles. The molecule has 0 radical (unpaired) electrons. The Hall–Kier alpha value is -2.16. The van der Waals surface area contributed by atoms with Crippen LogP contribution in [0, 0.1) is 13.8 Å². The summed E-state index contributed by atoms with van der Waals surface area (Å²) in [6.45, 7) is 4.01. The Balaban J connectivity index is 0.00000264. The third-order valence-corrected chi connectivity index (χ3v) is 3.12. The number of guanidine groups is 1. The van der Waals surface area contributed by atoms with Crippen LogP contribution in [-0.4, -0.2) is 23.4 Å². The zero-order valence-electron chi connectivity index (χ0n) is 13.0. The summed E-state index contributed by atoms with van der Waals surface area (Å²) in [5.41, 5.74) is 9.62. The lowest BCUT2D eigenvalue weighted by Gasteiger charge is -2.08. The number of carbonyl (C=O) groups is 1. The number of anilines is 2. The molecule has 0 aliphatic rings. The Labute approximate surface area is 152 Å². The number of hydrogen-bond acceptors (Lipinski definition) is 3. The molecule has 6 nitrogen and oxygen atoms in total. The molecule has 4 N–H and O–H groups in total. The molecule has 122 valence electrons. The summed E-state index contributed by atoms with van der Waals surface area (Å²) in [4.78, 5) is 19.7. The second-order valence-electron chi connectivity index (χ2n) is 4.92. The molecule has 0 aliphatic heterocycles. The van der Waals surface area contributed by atoms with Gasteiger partial charge in [0.05, 0.1) is 11.9 Å². The van der Waals surface area contributed by atoms with E-state index in [-0.39, 0.29) is 42.4 Å². The van der Waals surface area contributed by atoms with E-state index in [9.17, 15) is 4.79 Å². The Bertz CT molecular complexity index is 688. The predicted octanol–water partition coefficient (Wildman–Crippen LogP) is 2.68. The topological polar surface area (TPSA) is 92.4 Å². The van der Waals surface area contributed by atoms with Crippen LogP contribution in [0.25, 0.3) is 0 Å². The number of benzene rings is 1. The van der Waals surface area contributed by atoms with Crippen molar-refractivity contribution in [2.45, 2.75) is 13.8 Å². The first-order chi connectivity index (χ1) is 10.5. The molecular weight excluding hydrogens is 405 g/mol. The number of nitrogens with two attached hydrogens (primary N) is 1. The van der Waals surface area contributed by atoms with Crippen LogP contribution in [0.4, 0.5) is 11.4 Å². The van der Waals surface area contributed by atoms with Crippen molar-refractivity contribution in [3.63, 3.8) is 0 Å². The van der Waals surface area contributed by atoms with E-state index in [1.807, 2.05) is 32.0 Å². The van der Waals surface area contributed by atoms with Gasteiger partial charge in [0.2, 0.25) is 5.91 Å². The maximum Gasteiger partial charge on any atom is 0.246 e. The van der Waals surface area contributed by atoms with E-state index in [0.29, 0.717) is 5.69 Å². The van der Waals surface area contributed by atoms with Crippen LogP contribution in [-0.2, 0) is 4.79 Å². The number of aromatic nitrogens is 1. The highest BCUT2D eigenvalue weighted by atomic mass is 127. The molecule has 1 amide bonds. The molecule has 0 spiro atoms. The smallest absolute Gasteiger partial charge is 0.246 e. The normalized spacial score (nSPS) is 10.6. The van der Waals surface area contributed by atoms with Crippen molar-refractivity contribution in [1.82, 2.24) is 4.98 Å². The first kappa shape index (κ1) is 18.9. The van der Waals surface area contributed by atoms with Crippen molar-refractivity contribution in [1.29, 1.82) is 0 Å². The summed E-state index contributed by atoms with van der Waals surface area (Å²) in [7, 11) is 0. The van der Waals surface area contributed by atoms with Gasteiger partial charge in [-0.05, 0) is 49.2 Å². The standard InChI is InChI=1S/C16H19N5O.HI/c1-11-5-6-13(8-12(11)2)21-16(17)19-10-15(22)20-14-4-3-7-18-9-14;/h3-9H,10H2,1-2H3,(H,20,22)(H3,17,19,21);1H. The number of nitrogens with zero attached hydrogens (tertiary/aromatic N) is 2. The van der Waals surface area contributed by atoms with Crippen LogP contribution in [0.5, 0.6) is 0 Å². The van der Waals surface area contributed by atoms with E-state index in [2.05, 4.69) is 20.6 Å². The minimum absolute atomic E-state index is 0. The molecule has 1 aromatic carbocycles. The van der Waals surface area contributed by atoms with Gasteiger partial charge in [-0.2, -0.15) is 0 Å². The fourth-order valence-electron chi connectivity index (χ4n) is 1.80. The number of halogens is 1. The number of nitrogens with one attached hydrogen (secondary N) is 2. The fraction of sp³-hybridized carbons (Fsp3) is 0.188. The molecule has 0 saturated carbocycles. The van der Waals surface area contributed by atoms with Crippen molar-refractivity contribution in [3.05, 3.63) is 53.9 Å². The number of pyridine rings is 1. The van der Waals surface area contributed by atoms with Gasteiger partial charge < -0.3 is 16.4 Å². The summed E-state index contributed by atoms with van der Waals surface area (Å²) in [6, 6.07) is 9.40. The number of rotatable bonds is 4. The lowest BCUT2D eigenvalue weighted by atomic mass is 10.1. The van der Waals surface area contributed by atoms with Crippen molar-refractivity contribution in [2.75, 3.05) is 17.2 Å². The first-order valence-electron chi connectivity index (χ1n) is 6.88. The summed E-state index contributed by atoms with van der Waals surface area (Å²) >= 11 is 0. The zero-order chi connectivity index (χ0) is 15.9. The third-order valence-electron chi connectivity index (χ3n) is 3.12. The van der Waals surface area contributed by atoms with Gasteiger partial charge in [0.15, 0.2) is 5.96 Å². The third kappa shape index (κ3) is 6.23. The number of aryl methyl sites for hydroxylation is 2. The summed E-state index contributed by atoms with van der Waals surface area (Å²) < 4.78 is 0. The van der Waals surface area contributed by atoms with Crippen LogP contribution in [0.2, 0.25) is 0 Å². The van der Waals surface area contributed by atoms with E-state index in [1.165, 1.54) is 5.56 Å². The van der Waals surface area contributed by atoms with Gasteiger partial charge in [-0.3, -0.25) is 9.78 Å². The minimum Gasteiger partial charge on any atom is -0.370 e. The molecule has 0 saturated heterocycles. The van der Waals surface area contributed by atoms with Crippen LogP contribution in [0.1, 0.15) is 11.1 Å². The van der Waals surface area contributed by atoms with E-state index >= 15 is 0 Å². The van der Waals surface area contributed by atoms with Gasteiger partial charge >= 0.3 is 0 Å². The van der Waals surface area contributed by atoms with Gasteiger partial charge in [0.1, 0.15) is 6.54 Å². The molecule has 2 aromatic rings. The zero-order valence-corrected chi connectivity index (χ0v) is 15.4. The quantitative estimate of drug-likeness (QED) is 0.399. The lowest BCUT2D eigenvalue weighted by molar-refractivity contribution is -0.114. The SMILES string of the molecule is Cc1ccc(NC(N)=NCC(=O)Nc2cccnc2)cc1C.I. The van der Waals surface area contributed by atoms with Crippen LogP contribution in [0.3, 0.4) is 0 Å². The van der Waals surface area contributed by atoms with Gasteiger partial charge in [-0.25, -0.2) is 4.99 Å². The van der Waals surface area contributed by atoms with E-state index in [0.717, 1.165) is 11.3 Å². The molecule has 0 fully saturated rings. The summed E-state index contributed by atoms with van der Waals surface area (Å²) in [5, 5.41) is 5.65. The number of aliphatic imine (C=N–C) groups is 1. The summed E-state index contributed by atoms with van der Waals surface area (Å²) in [6.07, 6.45) is 3.21. The van der Waals surface area contributed by atoms with Crippen LogP contribution < -0.4 is 16.4 Å². The molecule has 23 heavy (non-hydrogen) atoms. The Morgan fingerprint density at radius 3 is 2.61 bits per heavy atom. The molecule has 0 bridgehead atoms. The largest absolute Gasteiger partial charge is 0.370 e. The minimum atomic E-state index is -0.252. The highest BCUT2D eigenvalue weighted by Gasteiger charge is 2.02. The second-order valence-corrected chi connectivity index (χ2v) is 4.92. The Kier molecular flexibility index (Phi) is 7.46. The molecule has 0 atom stereocenters. The number of carbonyl (C=O) groups excluding carboxylic acids is 1. The van der Waals surface area contributed by atoms with Crippen molar-refractivity contribution < 1.29 is 4.79 Å². The van der Waals surface area contributed by atoms with Gasteiger partial charge in [0, 0.05) is 11.9 Å². The maximum atomic E-state index is 11.7. The van der Waals surface area contributed by atoms with E-state index in [4.69, 9.17) is 5.73 Å². The lowest BCUT2D eigenvalue weighted by Crippen LogP contribution is -2.25. The van der Waals surface area contributed by atoms with Crippen LogP contribution >= 0.6 is 24.0 Å². The van der Waals surface area contributed by atoms with Crippen molar-refractivity contribution >= 4 is 47.2 Å². The number of hydrogen-bond donors (Lipinski definition) is 3. The van der Waals surface area contributed by atoms with Crippen molar-refractivity contribution in [3.8, 4) is 0 Å². The first-order valence-corrected chi connectivity index (χ1v) is 6.88. The maximum absolute atomic E-state index is 11.7. The second kappa shape index (κ2) is 9.09. The van der Waals surface area contributed by atoms with Gasteiger partial charge in [0.25, 0.3) is 0 Å². The Morgan fingerprint density at radius 2 is 1.96 bits per heavy atom. The number of amides is 1. The van der Waals surface area contributed by atoms with Crippen LogP contribution in [0.15, 0.2) is 47.7 Å². The van der Waals surface area contributed by atoms with Gasteiger partial charge in [-0.15, -0.1) is 24.0 Å². The molecule has 1 aromatic heterocycles. The van der Waals surface area contributed by atoms with Crippen molar-refractivity contribution in [2.24, 2.45) is 10.7 Å². The molecule has 0 unspecified atom stereocenters. The monoisotopic (exact) mass is 425 g/mol. The average molecular weight is 425 g/mol. The predicted molar refractivity (Wildman–Crippen MR) is 104 cm³/mol. The highest BCUT2D eigenvalue weighted by molar-refractivity contribution is 14.0. The van der Waals surface area contributed by atoms with E-state index in [1.54, 1.807) is 24.5 Å². The fourth-order valence-corrected chi connectivity index (χ4v) is 1.80. The van der Waals surface area contributed by atoms with E-state index < -0.39 is 0 Å². The summed E-state index contributed by atoms with van der Waals surface area (Å²) in [5.74, 6) is -0.0533. The van der Waals surface area contributed by atoms with Gasteiger partial charge in [-0.1, -0.05) is 6.07 Å². The molecule has 7 heteroatoms. The highest BCUT2D eigenvalue weighted by Crippen LogP contribution is 2.13. The average Bonchev–Trinajstić information content (AvgIpc) is 2.50. The Morgan fingerprint density at radius 1 is 1.17 bits per heavy atom. The molecule has 0 aliphatic carbocycles.